The fraction of sp³-hybridized carbons (Fsp3) is 0.200. The number of sulfonamides is 1. The molecule has 6 nitrogen and oxygen atoms in total. The van der Waals surface area contributed by atoms with E-state index < -0.39 is 27.8 Å². The van der Waals surface area contributed by atoms with Crippen LogP contribution in [0.15, 0.2) is 78.9 Å². The van der Waals surface area contributed by atoms with Crippen molar-refractivity contribution in [2.45, 2.75) is 25.4 Å². The Balaban J connectivity index is 1.52. The number of carbonyl (C=O) groups is 2. The molecule has 0 aromatic heterocycles. The second kappa shape index (κ2) is 9.06. The van der Waals surface area contributed by atoms with Gasteiger partial charge in [-0.25, -0.2) is 13.2 Å². The Hall–Kier alpha value is -3.29. The Morgan fingerprint density at radius 3 is 2.09 bits per heavy atom. The lowest BCUT2D eigenvalue weighted by atomic mass is 9.94. The van der Waals surface area contributed by atoms with Crippen LogP contribution in [0.25, 0.3) is 11.1 Å². The van der Waals surface area contributed by atoms with Crippen molar-refractivity contribution >= 4 is 21.8 Å². The van der Waals surface area contributed by atoms with E-state index in [9.17, 15) is 23.1 Å². The average Bonchev–Trinajstić information content (AvgIpc) is 2.82. The number of Topliss-reactive ketones (excluding diaryl/α,β-unsaturated/α-hetero) is 1. The third kappa shape index (κ3) is 4.64. The molecule has 1 N–H and O–H groups in total. The number of fused-ring (bicyclic) bond motifs is 1. The molecule has 1 aliphatic heterocycles. The van der Waals surface area contributed by atoms with Crippen LogP contribution in [0.5, 0.6) is 0 Å². The molecule has 1 aliphatic rings. The Kier molecular flexibility index (Phi) is 6.21. The summed E-state index contributed by atoms with van der Waals surface area (Å²) in [6, 6.07) is 23.5. The van der Waals surface area contributed by atoms with Gasteiger partial charge >= 0.3 is 5.97 Å². The standard InChI is InChI=1S/C25H23NO5S/c27-24(25(28)29)23-16-21-8-4-5-9-22(21)17-26(23)32(30,31)15-14-18-10-12-20(13-11-18)19-6-2-1-3-7-19/h1-13,23H,14-17H2,(H,28,29)/t23-/m1/s1. The van der Waals surface area contributed by atoms with Gasteiger partial charge in [0.15, 0.2) is 0 Å². The van der Waals surface area contributed by atoms with Crippen molar-refractivity contribution in [3.8, 4) is 11.1 Å². The first kappa shape index (κ1) is 21.9. The van der Waals surface area contributed by atoms with E-state index in [1.807, 2.05) is 60.7 Å². The number of nitrogens with zero attached hydrogens (tertiary/aromatic N) is 1. The first-order chi connectivity index (χ1) is 15.3. The van der Waals surface area contributed by atoms with E-state index in [1.54, 1.807) is 18.2 Å². The molecule has 0 aliphatic carbocycles. The van der Waals surface area contributed by atoms with Gasteiger partial charge in [-0.15, -0.1) is 0 Å². The van der Waals surface area contributed by atoms with Gasteiger partial charge in [0.1, 0.15) is 0 Å². The molecule has 1 heterocycles. The number of carboxylic acids is 1. The van der Waals surface area contributed by atoms with Crippen molar-refractivity contribution in [1.29, 1.82) is 0 Å². The summed E-state index contributed by atoms with van der Waals surface area (Å²) in [7, 11) is -3.87. The molecule has 1 atom stereocenters. The number of rotatable bonds is 7. The van der Waals surface area contributed by atoms with Crippen molar-refractivity contribution in [3.63, 3.8) is 0 Å². The summed E-state index contributed by atoms with van der Waals surface area (Å²) in [5.41, 5.74) is 4.56. The molecule has 0 saturated heterocycles. The van der Waals surface area contributed by atoms with Gasteiger partial charge in [0.05, 0.1) is 11.8 Å². The summed E-state index contributed by atoms with van der Waals surface area (Å²) in [6.07, 6.45) is 0.329. The normalized spacial score (nSPS) is 16.3. The monoisotopic (exact) mass is 449 g/mol. The van der Waals surface area contributed by atoms with E-state index in [0.717, 1.165) is 32.1 Å². The van der Waals surface area contributed by atoms with Gasteiger partial charge in [0.25, 0.3) is 5.78 Å². The highest BCUT2D eigenvalue weighted by Gasteiger charge is 2.40. The maximum absolute atomic E-state index is 13.2. The number of carboxylic acid groups (broad SMARTS) is 1. The number of carbonyl (C=O) groups excluding carboxylic acids is 1. The van der Waals surface area contributed by atoms with Crippen LogP contribution in [0.2, 0.25) is 0 Å². The minimum atomic E-state index is -3.87. The average molecular weight is 450 g/mol. The second-order valence-electron chi connectivity index (χ2n) is 7.83. The van der Waals surface area contributed by atoms with E-state index in [2.05, 4.69) is 0 Å². The molecule has 0 amide bonds. The lowest BCUT2D eigenvalue weighted by molar-refractivity contribution is -0.151. The van der Waals surface area contributed by atoms with Crippen LogP contribution in [0.4, 0.5) is 0 Å². The number of ketones is 1. The molecule has 0 bridgehead atoms. The first-order valence-electron chi connectivity index (χ1n) is 10.3. The molecule has 3 aromatic carbocycles. The topological polar surface area (TPSA) is 91.8 Å². The number of hydrogen-bond acceptors (Lipinski definition) is 4. The van der Waals surface area contributed by atoms with E-state index >= 15 is 0 Å². The largest absolute Gasteiger partial charge is 0.475 e. The van der Waals surface area contributed by atoms with Crippen LogP contribution in [0.1, 0.15) is 16.7 Å². The van der Waals surface area contributed by atoms with E-state index in [4.69, 9.17) is 0 Å². The van der Waals surface area contributed by atoms with Gasteiger partial charge in [0, 0.05) is 6.54 Å². The van der Waals surface area contributed by atoms with Crippen LogP contribution in [0.3, 0.4) is 0 Å². The van der Waals surface area contributed by atoms with Crippen molar-refractivity contribution in [1.82, 2.24) is 4.31 Å². The maximum Gasteiger partial charge on any atom is 0.373 e. The van der Waals surface area contributed by atoms with Crippen molar-refractivity contribution < 1.29 is 23.1 Å². The minimum absolute atomic E-state index is 0.00482. The predicted molar refractivity (Wildman–Crippen MR) is 121 cm³/mol. The van der Waals surface area contributed by atoms with Crippen molar-refractivity contribution in [2.24, 2.45) is 0 Å². The Morgan fingerprint density at radius 2 is 1.44 bits per heavy atom. The third-order valence-electron chi connectivity index (χ3n) is 5.79. The lowest BCUT2D eigenvalue weighted by Crippen LogP contribution is -2.51. The van der Waals surface area contributed by atoms with E-state index in [0.29, 0.717) is 0 Å². The lowest BCUT2D eigenvalue weighted by Gasteiger charge is -2.34. The second-order valence-corrected chi connectivity index (χ2v) is 9.87. The van der Waals surface area contributed by atoms with Crippen molar-refractivity contribution in [2.75, 3.05) is 5.75 Å². The number of hydrogen-bond donors (Lipinski definition) is 1. The number of aryl methyl sites for hydroxylation is 1. The summed E-state index contributed by atoms with van der Waals surface area (Å²) in [6.45, 7) is -0.00482. The van der Waals surface area contributed by atoms with Gasteiger partial charge in [-0.1, -0.05) is 78.9 Å². The van der Waals surface area contributed by atoms with Crippen LogP contribution in [-0.2, 0) is 39.0 Å². The summed E-state index contributed by atoms with van der Waals surface area (Å²) in [5.74, 6) is -2.93. The smallest absolute Gasteiger partial charge is 0.373 e. The summed E-state index contributed by atoms with van der Waals surface area (Å²) < 4.78 is 27.4. The van der Waals surface area contributed by atoms with Crippen LogP contribution in [0, 0.1) is 0 Å². The third-order valence-corrected chi connectivity index (χ3v) is 7.60. The summed E-state index contributed by atoms with van der Waals surface area (Å²) in [4.78, 5) is 23.6. The predicted octanol–water partition coefficient (Wildman–Crippen LogP) is 3.31. The molecule has 4 rings (SSSR count). The van der Waals surface area contributed by atoms with Crippen molar-refractivity contribution in [3.05, 3.63) is 95.6 Å². The quantitative estimate of drug-likeness (QED) is 0.559. The molecular formula is C25H23NO5S. The molecule has 0 spiro atoms. The van der Waals surface area contributed by atoms with Crippen LogP contribution < -0.4 is 0 Å². The Bertz CT molecular complexity index is 1240. The van der Waals surface area contributed by atoms with Gasteiger partial charge in [-0.2, -0.15) is 4.31 Å². The van der Waals surface area contributed by atoms with Gasteiger partial charge in [-0.3, -0.25) is 4.79 Å². The Morgan fingerprint density at radius 1 is 0.844 bits per heavy atom. The summed E-state index contributed by atoms with van der Waals surface area (Å²) >= 11 is 0. The fourth-order valence-electron chi connectivity index (χ4n) is 4.02. The molecule has 164 valence electrons. The zero-order chi connectivity index (χ0) is 22.7. The van der Waals surface area contributed by atoms with E-state index in [1.165, 1.54) is 0 Å². The highest BCUT2D eigenvalue weighted by atomic mass is 32.2. The van der Waals surface area contributed by atoms with Gasteiger partial charge in [0.2, 0.25) is 10.0 Å². The molecule has 0 fully saturated rings. The molecule has 7 heteroatoms. The molecule has 0 saturated carbocycles. The maximum atomic E-state index is 13.2. The first-order valence-corrected chi connectivity index (χ1v) is 11.9. The molecular weight excluding hydrogens is 426 g/mol. The zero-order valence-electron chi connectivity index (χ0n) is 17.3. The SMILES string of the molecule is O=C(O)C(=O)[C@H]1Cc2ccccc2CN1S(=O)(=O)CCc1ccc(-c2ccccc2)cc1. The molecule has 32 heavy (non-hydrogen) atoms. The van der Waals surface area contributed by atoms with Crippen LogP contribution >= 0.6 is 0 Å². The van der Waals surface area contributed by atoms with Gasteiger partial charge < -0.3 is 5.11 Å². The van der Waals surface area contributed by atoms with Gasteiger partial charge in [-0.05, 0) is 40.7 Å². The summed E-state index contributed by atoms with van der Waals surface area (Å²) in [5, 5.41) is 9.22. The molecule has 0 unspecified atom stereocenters. The highest BCUT2D eigenvalue weighted by molar-refractivity contribution is 7.89. The number of aliphatic carboxylic acids is 1. The molecule has 0 radical (unpaired) electrons. The molecule has 3 aromatic rings. The Labute approximate surface area is 187 Å². The highest BCUT2D eigenvalue weighted by Crippen LogP contribution is 2.27. The van der Waals surface area contributed by atoms with E-state index in [-0.39, 0.29) is 25.1 Å². The minimum Gasteiger partial charge on any atom is -0.475 e. The zero-order valence-corrected chi connectivity index (χ0v) is 18.2. The fourth-order valence-corrected chi connectivity index (χ4v) is 5.64. The van der Waals surface area contributed by atoms with Crippen LogP contribution in [-0.4, -0.2) is 41.4 Å². The number of benzene rings is 3.